The third-order valence-corrected chi connectivity index (χ3v) is 4.93. The van der Waals surface area contributed by atoms with E-state index in [1.54, 1.807) is 0 Å². The minimum atomic E-state index is 0.0477. The molecule has 0 unspecified atom stereocenters. The van der Waals surface area contributed by atoms with Crippen LogP contribution >= 0.6 is 15.9 Å². The van der Waals surface area contributed by atoms with Crippen molar-refractivity contribution in [3.8, 4) is 0 Å². The number of carbonyl (C=O) groups is 1. The van der Waals surface area contributed by atoms with Crippen LogP contribution in [0.1, 0.15) is 22.8 Å². The minimum absolute atomic E-state index is 0.0477. The summed E-state index contributed by atoms with van der Waals surface area (Å²) in [6.07, 6.45) is 0. The molecule has 0 aliphatic rings. The van der Waals surface area contributed by atoms with Crippen molar-refractivity contribution < 1.29 is 4.79 Å². The van der Waals surface area contributed by atoms with Gasteiger partial charge in [-0.15, -0.1) is 0 Å². The maximum Gasteiger partial charge on any atom is 0.193 e. The van der Waals surface area contributed by atoms with Crippen LogP contribution in [0, 0.1) is 0 Å². The second-order valence-corrected chi connectivity index (χ2v) is 6.75. The van der Waals surface area contributed by atoms with Gasteiger partial charge in [-0.25, -0.2) is 0 Å². The van der Waals surface area contributed by atoms with Gasteiger partial charge in [0.15, 0.2) is 5.78 Å². The van der Waals surface area contributed by atoms with Crippen LogP contribution in [0.3, 0.4) is 0 Å². The molecule has 0 atom stereocenters. The van der Waals surface area contributed by atoms with Crippen molar-refractivity contribution in [1.82, 2.24) is 4.57 Å². The number of aromatic nitrogens is 1. The third-order valence-electron chi connectivity index (χ3n) is 4.44. The summed E-state index contributed by atoms with van der Waals surface area (Å²) in [4.78, 5) is 12.8. The summed E-state index contributed by atoms with van der Waals surface area (Å²) in [7, 11) is 0. The molecule has 3 heteroatoms. The van der Waals surface area contributed by atoms with Crippen LogP contribution in [-0.2, 0) is 6.54 Å². The predicted octanol–water partition coefficient (Wildman–Crippen LogP) is 5.81. The second kappa shape index (κ2) is 5.91. The maximum atomic E-state index is 12.8. The van der Waals surface area contributed by atoms with Crippen molar-refractivity contribution in [2.24, 2.45) is 0 Å². The Morgan fingerprint density at radius 3 is 2.42 bits per heavy atom. The van der Waals surface area contributed by atoms with Gasteiger partial charge in [-0.05, 0) is 43.3 Å². The van der Waals surface area contributed by atoms with E-state index >= 15 is 0 Å². The lowest BCUT2D eigenvalue weighted by Crippen LogP contribution is -2.01. The van der Waals surface area contributed by atoms with Crippen molar-refractivity contribution in [2.75, 3.05) is 0 Å². The first-order chi connectivity index (χ1) is 11.7. The SMILES string of the molecule is CCn1c2ccccc2c2cc(C(=O)c3cccc(Br)c3)ccc21. The van der Waals surface area contributed by atoms with Crippen molar-refractivity contribution in [2.45, 2.75) is 13.5 Å². The zero-order chi connectivity index (χ0) is 16.7. The van der Waals surface area contributed by atoms with E-state index in [1.165, 1.54) is 16.4 Å². The molecule has 0 aliphatic carbocycles. The number of carbonyl (C=O) groups excluding carboxylic acids is 1. The van der Waals surface area contributed by atoms with Crippen LogP contribution in [0.25, 0.3) is 21.8 Å². The largest absolute Gasteiger partial charge is 0.341 e. The van der Waals surface area contributed by atoms with E-state index in [9.17, 15) is 4.79 Å². The standard InChI is InChI=1S/C21H16BrNO/c1-2-23-19-9-4-3-8-17(19)18-13-15(10-11-20(18)23)21(24)14-6-5-7-16(22)12-14/h3-13H,2H2,1H3. The minimum Gasteiger partial charge on any atom is -0.341 e. The molecule has 4 rings (SSSR count). The van der Waals surface area contributed by atoms with Gasteiger partial charge in [0.05, 0.1) is 0 Å². The number of ketones is 1. The summed E-state index contributed by atoms with van der Waals surface area (Å²) in [6.45, 7) is 3.05. The molecule has 0 spiro atoms. The van der Waals surface area contributed by atoms with Crippen LogP contribution in [0.15, 0.2) is 71.2 Å². The number of rotatable bonds is 3. The number of benzene rings is 3. The average Bonchev–Trinajstić information content (AvgIpc) is 2.94. The van der Waals surface area contributed by atoms with Crippen LogP contribution in [0.4, 0.5) is 0 Å². The molecule has 0 saturated carbocycles. The molecule has 0 N–H and O–H groups in total. The molecule has 118 valence electrons. The van der Waals surface area contributed by atoms with Gasteiger partial charge in [0.1, 0.15) is 0 Å². The summed E-state index contributed by atoms with van der Waals surface area (Å²) in [5.41, 5.74) is 3.80. The molecule has 0 fully saturated rings. The summed E-state index contributed by atoms with van der Waals surface area (Å²) < 4.78 is 3.20. The molecule has 24 heavy (non-hydrogen) atoms. The lowest BCUT2D eigenvalue weighted by Gasteiger charge is -2.05. The van der Waals surface area contributed by atoms with Crippen LogP contribution in [0.2, 0.25) is 0 Å². The summed E-state index contributed by atoms with van der Waals surface area (Å²) in [6, 6.07) is 21.9. The molecule has 0 amide bonds. The molecule has 0 saturated heterocycles. The Bertz CT molecular complexity index is 1080. The van der Waals surface area contributed by atoms with Gasteiger partial charge < -0.3 is 4.57 Å². The Kier molecular flexibility index (Phi) is 3.73. The van der Waals surface area contributed by atoms with Gasteiger partial charge in [0.2, 0.25) is 0 Å². The Labute approximate surface area is 148 Å². The zero-order valence-electron chi connectivity index (χ0n) is 13.3. The van der Waals surface area contributed by atoms with Crippen LogP contribution in [-0.4, -0.2) is 10.4 Å². The highest BCUT2D eigenvalue weighted by molar-refractivity contribution is 9.10. The molecule has 0 bridgehead atoms. The first kappa shape index (κ1) is 15.2. The van der Waals surface area contributed by atoms with Crippen molar-refractivity contribution in [3.63, 3.8) is 0 Å². The zero-order valence-corrected chi connectivity index (χ0v) is 14.9. The quantitative estimate of drug-likeness (QED) is 0.413. The lowest BCUT2D eigenvalue weighted by atomic mass is 10.0. The van der Waals surface area contributed by atoms with Gasteiger partial charge in [0.25, 0.3) is 0 Å². The summed E-state index contributed by atoms with van der Waals surface area (Å²) in [5.74, 6) is 0.0477. The normalized spacial score (nSPS) is 11.2. The smallest absolute Gasteiger partial charge is 0.193 e. The molecular weight excluding hydrogens is 362 g/mol. The molecule has 2 nitrogen and oxygen atoms in total. The summed E-state index contributed by atoms with van der Waals surface area (Å²) >= 11 is 3.43. The van der Waals surface area contributed by atoms with Gasteiger partial charge >= 0.3 is 0 Å². The second-order valence-electron chi connectivity index (χ2n) is 5.83. The summed E-state index contributed by atoms with van der Waals surface area (Å²) in [5, 5.41) is 2.33. The number of aryl methyl sites for hydroxylation is 1. The van der Waals surface area contributed by atoms with Crippen molar-refractivity contribution >= 4 is 43.5 Å². The van der Waals surface area contributed by atoms with Gasteiger partial charge in [-0.1, -0.05) is 46.3 Å². The first-order valence-corrected chi connectivity index (χ1v) is 8.79. The van der Waals surface area contributed by atoms with Crippen LogP contribution < -0.4 is 0 Å². The first-order valence-electron chi connectivity index (χ1n) is 8.00. The van der Waals surface area contributed by atoms with E-state index in [-0.39, 0.29) is 5.78 Å². The molecule has 0 aliphatic heterocycles. The Morgan fingerprint density at radius 1 is 0.875 bits per heavy atom. The van der Waals surface area contributed by atoms with Crippen molar-refractivity contribution in [3.05, 3.63) is 82.3 Å². The Morgan fingerprint density at radius 2 is 1.62 bits per heavy atom. The highest BCUT2D eigenvalue weighted by atomic mass is 79.9. The number of halogens is 1. The fourth-order valence-electron chi connectivity index (χ4n) is 3.33. The average molecular weight is 378 g/mol. The highest BCUT2D eigenvalue weighted by Gasteiger charge is 2.14. The molecule has 0 radical (unpaired) electrons. The Balaban J connectivity index is 1.93. The molecule has 4 aromatic rings. The molecular formula is C21H16BrNO. The lowest BCUT2D eigenvalue weighted by molar-refractivity contribution is 0.103. The predicted molar refractivity (Wildman–Crippen MR) is 103 cm³/mol. The van der Waals surface area contributed by atoms with E-state index < -0.39 is 0 Å². The number of hydrogen-bond acceptors (Lipinski definition) is 1. The van der Waals surface area contributed by atoms with Gasteiger partial charge in [-0.2, -0.15) is 0 Å². The maximum absolute atomic E-state index is 12.8. The molecule has 1 aromatic heterocycles. The van der Waals surface area contributed by atoms with Gasteiger partial charge in [-0.3, -0.25) is 4.79 Å². The number of fused-ring (bicyclic) bond motifs is 3. The van der Waals surface area contributed by atoms with E-state index in [0.717, 1.165) is 22.0 Å². The van der Waals surface area contributed by atoms with Crippen molar-refractivity contribution in [1.29, 1.82) is 0 Å². The number of nitrogens with zero attached hydrogens (tertiary/aromatic N) is 1. The van der Waals surface area contributed by atoms with E-state index in [1.807, 2.05) is 42.5 Å². The third kappa shape index (κ3) is 2.36. The van der Waals surface area contributed by atoms with E-state index in [2.05, 4.69) is 51.7 Å². The topological polar surface area (TPSA) is 22.0 Å². The molecule has 3 aromatic carbocycles. The fourth-order valence-corrected chi connectivity index (χ4v) is 3.73. The highest BCUT2D eigenvalue weighted by Crippen LogP contribution is 2.30. The Hall–Kier alpha value is -2.39. The van der Waals surface area contributed by atoms with E-state index in [4.69, 9.17) is 0 Å². The number of hydrogen-bond donors (Lipinski definition) is 0. The molecule has 1 heterocycles. The fraction of sp³-hybridized carbons (Fsp3) is 0.0952. The number of para-hydroxylation sites is 1. The monoisotopic (exact) mass is 377 g/mol. The van der Waals surface area contributed by atoms with Gasteiger partial charge in [0, 0.05) is 44.0 Å². The van der Waals surface area contributed by atoms with Crippen LogP contribution in [0.5, 0.6) is 0 Å². The van der Waals surface area contributed by atoms with E-state index in [0.29, 0.717) is 5.56 Å².